The molecule has 18 heavy (non-hydrogen) atoms. The van der Waals surface area contributed by atoms with E-state index in [-0.39, 0.29) is 18.0 Å². The second kappa shape index (κ2) is 5.40. The molecule has 1 aromatic rings. The first kappa shape index (κ1) is 12.9. The Morgan fingerprint density at radius 1 is 1.33 bits per heavy atom. The molecule has 1 fully saturated rings. The Morgan fingerprint density at radius 2 is 2.00 bits per heavy atom. The highest BCUT2D eigenvalue weighted by atomic mass is 16.2. The number of likely N-dealkylation sites (tertiary alicyclic amines) is 1. The van der Waals surface area contributed by atoms with Crippen molar-refractivity contribution in [1.82, 2.24) is 4.90 Å². The van der Waals surface area contributed by atoms with Gasteiger partial charge in [-0.1, -0.05) is 0 Å². The van der Waals surface area contributed by atoms with E-state index < -0.39 is 0 Å². The first-order valence-electron chi connectivity index (χ1n) is 6.51. The zero-order valence-corrected chi connectivity index (χ0v) is 10.8. The van der Waals surface area contributed by atoms with Crippen molar-refractivity contribution in [2.75, 3.05) is 12.3 Å². The molecule has 1 aliphatic heterocycles. The molecule has 2 atom stereocenters. The summed E-state index contributed by atoms with van der Waals surface area (Å²) in [6.07, 6.45) is 3.21. The molecule has 4 nitrogen and oxygen atoms in total. The zero-order chi connectivity index (χ0) is 13.1. The van der Waals surface area contributed by atoms with E-state index in [2.05, 4.69) is 0 Å². The second-order valence-electron chi connectivity index (χ2n) is 5.04. The average Bonchev–Trinajstić information content (AvgIpc) is 2.39. The lowest BCUT2D eigenvalue weighted by atomic mass is 9.96. The number of anilines is 1. The molecule has 2 rings (SSSR count). The van der Waals surface area contributed by atoms with E-state index in [1.165, 1.54) is 0 Å². The van der Waals surface area contributed by atoms with Gasteiger partial charge in [-0.3, -0.25) is 4.79 Å². The highest BCUT2D eigenvalue weighted by Gasteiger charge is 2.29. The number of hydrogen-bond acceptors (Lipinski definition) is 3. The molecule has 2 unspecified atom stereocenters. The quantitative estimate of drug-likeness (QED) is 0.780. The van der Waals surface area contributed by atoms with Crippen LogP contribution in [0.15, 0.2) is 24.3 Å². The van der Waals surface area contributed by atoms with Gasteiger partial charge in [0.2, 0.25) is 0 Å². The van der Waals surface area contributed by atoms with Crippen LogP contribution in [0.2, 0.25) is 0 Å². The van der Waals surface area contributed by atoms with Gasteiger partial charge in [0.1, 0.15) is 0 Å². The summed E-state index contributed by atoms with van der Waals surface area (Å²) in [5, 5.41) is 0. The minimum Gasteiger partial charge on any atom is -0.399 e. The van der Waals surface area contributed by atoms with E-state index >= 15 is 0 Å². The van der Waals surface area contributed by atoms with Crippen molar-refractivity contribution in [1.29, 1.82) is 0 Å². The number of nitrogen functional groups attached to an aromatic ring is 1. The topological polar surface area (TPSA) is 72.3 Å². The molecule has 98 valence electrons. The number of piperidine rings is 1. The third-order valence-corrected chi connectivity index (χ3v) is 3.57. The van der Waals surface area contributed by atoms with Gasteiger partial charge >= 0.3 is 0 Å². The van der Waals surface area contributed by atoms with Crippen LogP contribution in [0.5, 0.6) is 0 Å². The number of benzene rings is 1. The predicted octanol–water partition coefficient (Wildman–Crippen LogP) is 1.61. The zero-order valence-electron chi connectivity index (χ0n) is 10.8. The van der Waals surface area contributed by atoms with Gasteiger partial charge in [-0.15, -0.1) is 0 Å². The van der Waals surface area contributed by atoms with Crippen LogP contribution in [0.3, 0.4) is 0 Å². The lowest BCUT2D eigenvalue weighted by Gasteiger charge is -2.38. The van der Waals surface area contributed by atoms with Crippen molar-refractivity contribution in [3.63, 3.8) is 0 Å². The van der Waals surface area contributed by atoms with Gasteiger partial charge in [0.05, 0.1) is 0 Å². The molecule has 0 aromatic heterocycles. The summed E-state index contributed by atoms with van der Waals surface area (Å²) < 4.78 is 0. The van der Waals surface area contributed by atoms with Crippen molar-refractivity contribution in [2.24, 2.45) is 5.73 Å². The molecule has 1 aromatic carbocycles. The SMILES string of the molecule is CC(N)C1CCCCN1C(=O)c1ccc(N)cc1. The molecular weight excluding hydrogens is 226 g/mol. The van der Waals surface area contributed by atoms with Gasteiger partial charge < -0.3 is 16.4 Å². The molecule has 0 aliphatic carbocycles. The third-order valence-electron chi connectivity index (χ3n) is 3.57. The molecule has 0 radical (unpaired) electrons. The van der Waals surface area contributed by atoms with Crippen molar-refractivity contribution in [3.05, 3.63) is 29.8 Å². The van der Waals surface area contributed by atoms with E-state index in [4.69, 9.17) is 11.5 Å². The number of nitrogens with zero attached hydrogens (tertiary/aromatic N) is 1. The Labute approximate surface area is 108 Å². The minimum absolute atomic E-state index is 0.0167. The number of hydrogen-bond donors (Lipinski definition) is 2. The number of amides is 1. The fourth-order valence-electron chi connectivity index (χ4n) is 2.55. The molecule has 0 spiro atoms. The monoisotopic (exact) mass is 247 g/mol. The maximum absolute atomic E-state index is 12.5. The summed E-state index contributed by atoms with van der Waals surface area (Å²) in [5.74, 6) is 0.0667. The lowest BCUT2D eigenvalue weighted by molar-refractivity contribution is 0.0584. The van der Waals surface area contributed by atoms with Crippen LogP contribution in [0.1, 0.15) is 36.5 Å². The Balaban J connectivity index is 2.18. The summed E-state index contributed by atoms with van der Waals surface area (Å²) in [6.45, 7) is 2.77. The number of carbonyl (C=O) groups is 1. The van der Waals surface area contributed by atoms with Gasteiger partial charge in [0.25, 0.3) is 5.91 Å². The van der Waals surface area contributed by atoms with Gasteiger partial charge in [0.15, 0.2) is 0 Å². The first-order chi connectivity index (χ1) is 8.59. The van der Waals surface area contributed by atoms with Crippen LogP contribution in [0.4, 0.5) is 5.69 Å². The Bertz CT molecular complexity index is 414. The van der Waals surface area contributed by atoms with E-state index in [1.807, 2.05) is 11.8 Å². The molecule has 1 heterocycles. The maximum atomic E-state index is 12.5. The Kier molecular flexibility index (Phi) is 3.87. The normalized spacial score (nSPS) is 21.7. The van der Waals surface area contributed by atoms with Gasteiger partial charge in [0, 0.05) is 29.9 Å². The summed E-state index contributed by atoms with van der Waals surface area (Å²) >= 11 is 0. The number of carbonyl (C=O) groups excluding carboxylic acids is 1. The molecule has 1 amide bonds. The van der Waals surface area contributed by atoms with Gasteiger partial charge in [-0.25, -0.2) is 0 Å². The van der Waals surface area contributed by atoms with Crippen molar-refractivity contribution in [3.8, 4) is 0 Å². The highest BCUT2D eigenvalue weighted by molar-refractivity contribution is 5.94. The van der Waals surface area contributed by atoms with E-state index in [0.717, 1.165) is 25.8 Å². The van der Waals surface area contributed by atoms with Gasteiger partial charge in [-0.2, -0.15) is 0 Å². The van der Waals surface area contributed by atoms with E-state index in [0.29, 0.717) is 11.3 Å². The average molecular weight is 247 g/mol. The summed E-state index contributed by atoms with van der Waals surface area (Å²) in [7, 11) is 0. The molecular formula is C14H21N3O. The Hall–Kier alpha value is -1.55. The molecule has 4 N–H and O–H groups in total. The lowest BCUT2D eigenvalue weighted by Crippen LogP contribution is -2.51. The standard InChI is InChI=1S/C14H21N3O/c1-10(15)13-4-2-3-9-17(13)14(18)11-5-7-12(16)8-6-11/h5-8,10,13H,2-4,9,15-16H2,1H3. The van der Waals surface area contributed by atoms with Crippen molar-refractivity contribution >= 4 is 11.6 Å². The predicted molar refractivity (Wildman–Crippen MR) is 73.2 cm³/mol. The number of nitrogens with two attached hydrogens (primary N) is 2. The van der Waals surface area contributed by atoms with Gasteiger partial charge in [-0.05, 0) is 50.5 Å². The van der Waals surface area contributed by atoms with Crippen LogP contribution in [-0.4, -0.2) is 29.4 Å². The van der Waals surface area contributed by atoms with Crippen LogP contribution in [-0.2, 0) is 0 Å². The Morgan fingerprint density at radius 3 is 2.61 bits per heavy atom. The fourth-order valence-corrected chi connectivity index (χ4v) is 2.55. The highest BCUT2D eigenvalue weighted by Crippen LogP contribution is 2.21. The fraction of sp³-hybridized carbons (Fsp3) is 0.500. The van der Waals surface area contributed by atoms with E-state index in [1.54, 1.807) is 24.3 Å². The van der Waals surface area contributed by atoms with E-state index in [9.17, 15) is 4.79 Å². The first-order valence-corrected chi connectivity index (χ1v) is 6.51. The smallest absolute Gasteiger partial charge is 0.254 e. The number of rotatable bonds is 2. The van der Waals surface area contributed by atoms with Crippen LogP contribution in [0, 0.1) is 0 Å². The summed E-state index contributed by atoms with van der Waals surface area (Å²) in [4.78, 5) is 14.4. The largest absolute Gasteiger partial charge is 0.399 e. The van der Waals surface area contributed by atoms with Crippen molar-refractivity contribution in [2.45, 2.75) is 38.3 Å². The van der Waals surface area contributed by atoms with Crippen molar-refractivity contribution < 1.29 is 4.79 Å². The molecule has 1 saturated heterocycles. The summed E-state index contributed by atoms with van der Waals surface area (Å²) in [5.41, 5.74) is 13.0. The second-order valence-corrected chi connectivity index (χ2v) is 5.04. The molecule has 4 heteroatoms. The van der Waals surface area contributed by atoms with Crippen LogP contribution in [0.25, 0.3) is 0 Å². The summed E-state index contributed by atoms with van der Waals surface area (Å²) in [6, 6.07) is 7.26. The molecule has 0 bridgehead atoms. The molecule has 0 saturated carbocycles. The van der Waals surface area contributed by atoms with Crippen LogP contribution >= 0.6 is 0 Å². The third kappa shape index (κ3) is 2.64. The molecule has 1 aliphatic rings. The minimum atomic E-state index is 0.0167. The maximum Gasteiger partial charge on any atom is 0.254 e. The van der Waals surface area contributed by atoms with Crippen LogP contribution < -0.4 is 11.5 Å².